The predicted molar refractivity (Wildman–Crippen MR) is 139 cm³/mol. The number of alkyl halides is 2. The summed E-state index contributed by atoms with van der Waals surface area (Å²) in [6.45, 7) is 0.401. The van der Waals surface area contributed by atoms with Gasteiger partial charge in [0.1, 0.15) is 28.9 Å². The summed E-state index contributed by atoms with van der Waals surface area (Å²) in [6.07, 6.45) is 1.57. The number of aromatic nitrogens is 2. The number of morpholine rings is 1. The number of methoxy groups -OCH3 is 1. The average molecular weight is 543 g/mol. The number of pyridine rings is 2. The van der Waals surface area contributed by atoms with Crippen LogP contribution in [0, 0.1) is 23.2 Å². The number of carbonyl (C=O) groups excluding carboxylic acids is 2. The molecule has 2 amide bonds. The maximum Gasteiger partial charge on any atom is 0.280 e. The van der Waals surface area contributed by atoms with Crippen molar-refractivity contribution in [2.45, 2.75) is 19.3 Å². The van der Waals surface area contributed by atoms with Crippen molar-refractivity contribution in [3.05, 3.63) is 35.8 Å². The van der Waals surface area contributed by atoms with E-state index in [9.17, 15) is 18.4 Å². The van der Waals surface area contributed by atoms with E-state index < -0.39 is 18.0 Å². The number of thioether (sulfide) groups is 1. The zero-order valence-electron chi connectivity index (χ0n) is 20.6. The van der Waals surface area contributed by atoms with E-state index in [1.54, 1.807) is 0 Å². The first-order chi connectivity index (χ1) is 18.3. The molecule has 0 aromatic carbocycles. The molecule has 1 saturated carbocycles. The number of amidine groups is 1. The van der Waals surface area contributed by atoms with Gasteiger partial charge in [-0.1, -0.05) is 5.92 Å². The van der Waals surface area contributed by atoms with Gasteiger partial charge in [0.15, 0.2) is 5.17 Å². The third-order valence-corrected chi connectivity index (χ3v) is 6.39. The van der Waals surface area contributed by atoms with Crippen molar-refractivity contribution in [2.24, 2.45) is 10.9 Å². The first-order valence-electron chi connectivity index (χ1n) is 11.6. The van der Waals surface area contributed by atoms with Gasteiger partial charge in [-0.3, -0.25) is 29.9 Å². The van der Waals surface area contributed by atoms with E-state index in [0.29, 0.717) is 12.5 Å². The lowest BCUT2D eigenvalue weighted by Gasteiger charge is -2.26. The number of carbonyl (C=O) groups is 2. The van der Waals surface area contributed by atoms with Crippen molar-refractivity contribution in [3.8, 4) is 28.7 Å². The monoisotopic (exact) mass is 542 g/mol. The molecule has 2 aromatic rings. The number of rotatable bonds is 5. The Labute approximate surface area is 221 Å². The van der Waals surface area contributed by atoms with Crippen LogP contribution >= 0.6 is 11.8 Å². The summed E-state index contributed by atoms with van der Waals surface area (Å²) < 4.78 is 37.6. The van der Waals surface area contributed by atoms with Crippen LogP contribution in [0.4, 0.5) is 14.6 Å². The minimum atomic E-state index is -2.86. The summed E-state index contributed by atoms with van der Waals surface area (Å²) >= 11 is 0.886. The van der Waals surface area contributed by atoms with Gasteiger partial charge in [-0.2, -0.15) is 0 Å². The number of aliphatic imine (C=N–C) groups is 1. The Bertz CT molecular complexity index is 1350. The van der Waals surface area contributed by atoms with Gasteiger partial charge in [0.2, 0.25) is 0 Å². The third-order valence-electron chi connectivity index (χ3n) is 5.61. The van der Waals surface area contributed by atoms with E-state index in [2.05, 4.69) is 32.1 Å². The minimum Gasteiger partial charge on any atom is -0.494 e. The van der Waals surface area contributed by atoms with Crippen LogP contribution < -0.4 is 15.0 Å². The van der Waals surface area contributed by atoms with Crippen molar-refractivity contribution in [3.63, 3.8) is 0 Å². The van der Waals surface area contributed by atoms with Gasteiger partial charge in [0, 0.05) is 30.3 Å². The van der Waals surface area contributed by atoms with Crippen molar-refractivity contribution in [2.75, 3.05) is 38.8 Å². The fourth-order valence-electron chi connectivity index (χ4n) is 3.52. The molecule has 4 rings (SSSR count). The second-order valence-electron chi connectivity index (χ2n) is 8.25. The number of amides is 2. The number of ether oxygens (including phenoxy) is 2. The van der Waals surface area contributed by atoms with Crippen LogP contribution in [-0.4, -0.2) is 65.9 Å². The summed E-state index contributed by atoms with van der Waals surface area (Å²) in [6, 6.07) is 2.59. The van der Waals surface area contributed by atoms with Crippen molar-refractivity contribution in [1.29, 1.82) is 5.41 Å². The molecular weight excluding hydrogens is 518 g/mol. The molecule has 0 bridgehead atoms. The molecule has 2 N–H and O–H groups in total. The van der Waals surface area contributed by atoms with Gasteiger partial charge in [0.25, 0.3) is 18.2 Å². The van der Waals surface area contributed by atoms with Gasteiger partial charge < -0.3 is 14.8 Å². The molecule has 0 unspecified atom stereocenters. The summed E-state index contributed by atoms with van der Waals surface area (Å²) in [5.74, 6) is 5.42. The minimum absolute atomic E-state index is 0.0107. The topological polar surface area (TPSA) is 130 Å². The molecule has 2 aromatic heterocycles. The van der Waals surface area contributed by atoms with Crippen LogP contribution in [0.15, 0.2) is 29.5 Å². The van der Waals surface area contributed by atoms with Crippen LogP contribution in [0.5, 0.6) is 5.75 Å². The van der Waals surface area contributed by atoms with E-state index in [-0.39, 0.29) is 57.5 Å². The van der Waals surface area contributed by atoms with E-state index in [4.69, 9.17) is 14.9 Å². The van der Waals surface area contributed by atoms with Crippen LogP contribution in [0.1, 0.15) is 35.3 Å². The molecule has 2 fully saturated rings. The molecule has 0 atom stereocenters. The largest absolute Gasteiger partial charge is 0.494 e. The van der Waals surface area contributed by atoms with Crippen LogP contribution in [0.25, 0.3) is 11.1 Å². The number of halogens is 2. The van der Waals surface area contributed by atoms with Crippen LogP contribution in [0.3, 0.4) is 0 Å². The maximum absolute atomic E-state index is 13.5. The molecule has 198 valence electrons. The molecule has 13 heteroatoms. The molecule has 0 radical (unpaired) electrons. The predicted octanol–water partition coefficient (Wildman–Crippen LogP) is 3.29. The second-order valence-corrected chi connectivity index (χ2v) is 9.25. The summed E-state index contributed by atoms with van der Waals surface area (Å²) in [7, 11) is 2.81. The van der Waals surface area contributed by atoms with Gasteiger partial charge in [0.05, 0.1) is 32.0 Å². The quantitative estimate of drug-likeness (QED) is 0.337. The number of hydrogen-bond acceptors (Lipinski definition) is 9. The first kappa shape index (κ1) is 27.2. The second kappa shape index (κ2) is 12.1. The zero-order valence-corrected chi connectivity index (χ0v) is 21.4. The Balaban J connectivity index is 1.71. The molecule has 10 nitrogen and oxygen atoms in total. The van der Waals surface area contributed by atoms with E-state index in [1.165, 1.54) is 31.3 Å². The zero-order chi connectivity index (χ0) is 27.2. The lowest BCUT2D eigenvalue weighted by molar-refractivity contribution is -0.125. The maximum atomic E-state index is 13.5. The smallest absolute Gasteiger partial charge is 0.280 e. The van der Waals surface area contributed by atoms with Crippen LogP contribution in [-0.2, 0) is 9.53 Å². The first-order valence-corrected chi connectivity index (χ1v) is 12.4. The van der Waals surface area contributed by atoms with Gasteiger partial charge in [-0.25, -0.2) is 13.8 Å². The molecule has 38 heavy (non-hydrogen) atoms. The Morgan fingerprint density at radius 2 is 2.11 bits per heavy atom. The molecule has 3 heterocycles. The summed E-state index contributed by atoms with van der Waals surface area (Å²) in [4.78, 5) is 39.2. The molecule has 2 aliphatic rings. The number of nitrogens with one attached hydrogen (secondary N) is 2. The molecular formula is C25H24F2N6O4S. The number of anilines is 1. The highest BCUT2D eigenvalue weighted by molar-refractivity contribution is 8.27. The standard InChI is InChI=1S/C25H24F2N6O4S/c1-29-25(38-20(28)6-5-14-3-4-14)32-24(35)17-11-31-21(33-7-8-37-13-22(33)34)10-15(17)16-9-18(23(26)27)30-12-19(16)36-2/h9-12,14,23,28H,3-4,7-8,13H2,1-2H3,(H,29,32,35). The highest BCUT2D eigenvalue weighted by Crippen LogP contribution is 2.36. The highest BCUT2D eigenvalue weighted by Gasteiger charge is 2.26. The van der Waals surface area contributed by atoms with E-state index in [0.717, 1.165) is 36.9 Å². The fraction of sp³-hybridized carbons (Fsp3) is 0.360. The van der Waals surface area contributed by atoms with Crippen molar-refractivity contribution < 1.29 is 27.8 Å². The summed E-state index contributed by atoms with van der Waals surface area (Å²) in [5.41, 5.74) is -0.145. The fourth-order valence-corrected chi connectivity index (χ4v) is 4.05. The van der Waals surface area contributed by atoms with Crippen LogP contribution in [0.2, 0.25) is 0 Å². The molecule has 0 spiro atoms. The third kappa shape index (κ3) is 6.51. The normalized spacial score (nSPS) is 15.7. The van der Waals surface area contributed by atoms with Gasteiger partial charge >= 0.3 is 0 Å². The highest BCUT2D eigenvalue weighted by atomic mass is 32.2. The lowest BCUT2D eigenvalue weighted by Crippen LogP contribution is -2.42. The number of nitrogens with zero attached hydrogens (tertiary/aromatic N) is 4. The Morgan fingerprint density at radius 1 is 1.32 bits per heavy atom. The van der Waals surface area contributed by atoms with Crippen molar-refractivity contribution >= 4 is 39.6 Å². The average Bonchev–Trinajstić information content (AvgIpc) is 3.75. The Kier molecular flexibility index (Phi) is 8.65. The SMILES string of the molecule is CN=C(NC(=O)c1cnc(N2CCOCC2=O)cc1-c1cc(C(F)F)ncc1OC)SC(=N)C#CC1CC1. The Hall–Kier alpha value is -3.89. The molecule has 1 aliphatic heterocycles. The summed E-state index contributed by atoms with van der Waals surface area (Å²) in [5, 5.41) is 10.8. The Morgan fingerprint density at radius 3 is 2.76 bits per heavy atom. The molecule has 1 aliphatic carbocycles. The van der Waals surface area contributed by atoms with Gasteiger partial charge in [-0.15, -0.1) is 0 Å². The van der Waals surface area contributed by atoms with Gasteiger partial charge in [-0.05, 0) is 42.7 Å². The van der Waals surface area contributed by atoms with Crippen molar-refractivity contribution in [1.82, 2.24) is 15.3 Å². The van der Waals surface area contributed by atoms with E-state index >= 15 is 0 Å². The molecule has 1 saturated heterocycles. The number of hydrogen-bond donors (Lipinski definition) is 2. The lowest BCUT2D eigenvalue weighted by atomic mass is 9.99. The van der Waals surface area contributed by atoms with E-state index in [1.807, 2.05) is 0 Å².